The minimum Gasteiger partial charge on any atom is -0.497 e. The molecular weight excluding hydrogens is 258 g/mol. The summed E-state index contributed by atoms with van der Waals surface area (Å²) >= 11 is 0. The van der Waals surface area contributed by atoms with Gasteiger partial charge in [-0.05, 0) is 37.1 Å². The number of nitrogens with zero attached hydrogens (tertiary/aromatic N) is 1. The molecule has 1 aliphatic rings. The van der Waals surface area contributed by atoms with Crippen molar-refractivity contribution >= 4 is 5.97 Å². The third kappa shape index (κ3) is 3.71. The van der Waals surface area contributed by atoms with Gasteiger partial charge in [-0.3, -0.25) is 9.69 Å². The molecule has 5 nitrogen and oxygen atoms in total. The van der Waals surface area contributed by atoms with Crippen molar-refractivity contribution in [2.24, 2.45) is 5.92 Å². The highest BCUT2D eigenvalue weighted by Gasteiger charge is 2.26. The van der Waals surface area contributed by atoms with Crippen molar-refractivity contribution in [1.29, 1.82) is 0 Å². The van der Waals surface area contributed by atoms with E-state index in [-0.39, 0.29) is 5.92 Å². The van der Waals surface area contributed by atoms with Crippen molar-refractivity contribution in [3.63, 3.8) is 0 Å². The normalized spacial score (nSPS) is 21.4. The van der Waals surface area contributed by atoms with Crippen LogP contribution in [0.3, 0.4) is 0 Å². The van der Waals surface area contributed by atoms with E-state index in [1.807, 2.05) is 29.2 Å². The number of hydrogen-bond acceptors (Lipinski definition) is 4. The molecule has 1 fully saturated rings. The fourth-order valence-electron chi connectivity index (χ4n) is 2.62. The molecule has 2 rings (SSSR count). The molecule has 0 aliphatic carbocycles. The molecule has 2 N–H and O–H groups in total. The highest BCUT2D eigenvalue weighted by atomic mass is 16.5. The van der Waals surface area contributed by atoms with E-state index in [9.17, 15) is 9.90 Å². The lowest BCUT2D eigenvalue weighted by atomic mass is 9.97. The quantitative estimate of drug-likeness (QED) is 0.855. The van der Waals surface area contributed by atoms with Crippen molar-refractivity contribution in [3.05, 3.63) is 29.8 Å². The largest absolute Gasteiger partial charge is 0.497 e. The molecule has 1 saturated heterocycles. The number of hydrogen-bond donors (Lipinski definition) is 2. The fraction of sp³-hybridized carbons (Fsp3) is 0.533. The summed E-state index contributed by atoms with van der Waals surface area (Å²) in [6.07, 6.45) is 0.959. The average Bonchev–Trinajstić information content (AvgIpc) is 2.47. The van der Waals surface area contributed by atoms with E-state index in [0.29, 0.717) is 18.8 Å². The average molecular weight is 279 g/mol. The first-order valence-electron chi connectivity index (χ1n) is 6.87. The molecule has 2 atom stereocenters. The number of carbonyl (C=O) groups is 1. The second kappa shape index (κ2) is 6.72. The van der Waals surface area contributed by atoms with Crippen LogP contribution in [-0.4, -0.2) is 47.8 Å². The number of ether oxygens (including phenoxy) is 1. The number of methoxy groups -OCH3 is 1. The maximum atomic E-state index is 11.0. The lowest BCUT2D eigenvalue weighted by Crippen LogP contribution is -2.40. The van der Waals surface area contributed by atoms with Crippen LogP contribution in [0.4, 0.5) is 0 Å². The van der Waals surface area contributed by atoms with Gasteiger partial charge in [0, 0.05) is 13.1 Å². The summed E-state index contributed by atoms with van der Waals surface area (Å²) in [6, 6.07) is 7.33. The van der Waals surface area contributed by atoms with E-state index in [2.05, 4.69) is 0 Å². The van der Waals surface area contributed by atoms with Crippen LogP contribution < -0.4 is 4.74 Å². The molecule has 5 heteroatoms. The van der Waals surface area contributed by atoms with Crippen molar-refractivity contribution in [2.75, 3.05) is 26.7 Å². The van der Waals surface area contributed by atoms with E-state index in [4.69, 9.17) is 9.84 Å². The van der Waals surface area contributed by atoms with Crippen molar-refractivity contribution in [3.8, 4) is 5.75 Å². The van der Waals surface area contributed by atoms with Crippen molar-refractivity contribution in [2.45, 2.75) is 18.9 Å². The highest BCUT2D eigenvalue weighted by molar-refractivity contribution is 5.70. The van der Waals surface area contributed by atoms with Crippen LogP contribution in [0.25, 0.3) is 0 Å². The third-order valence-electron chi connectivity index (χ3n) is 3.76. The highest BCUT2D eigenvalue weighted by Crippen LogP contribution is 2.23. The Morgan fingerprint density at radius 3 is 3.05 bits per heavy atom. The summed E-state index contributed by atoms with van der Waals surface area (Å²) in [5.74, 6) is -0.351. The molecule has 20 heavy (non-hydrogen) atoms. The molecule has 1 aromatic carbocycles. The topological polar surface area (TPSA) is 70.0 Å². The Hall–Kier alpha value is -1.59. The lowest BCUT2D eigenvalue weighted by molar-refractivity contribution is -0.143. The SMILES string of the molecule is COc1cccc(C(O)CN2CCCC(C(=O)O)C2)c1. The first-order valence-corrected chi connectivity index (χ1v) is 6.87. The first kappa shape index (κ1) is 14.8. The van der Waals surface area contributed by atoms with E-state index in [1.165, 1.54) is 0 Å². The van der Waals surface area contributed by atoms with Gasteiger partial charge in [0.05, 0.1) is 19.1 Å². The minimum absolute atomic E-state index is 0.318. The zero-order valence-electron chi connectivity index (χ0n) is 11.7. The molecule has 0 spiro atoms. The van der Waals surface area contributed by atoms with E-state index >= 15 is 0 Å². The van der Waals surface area contributed by atoms with Gasteiger partial charge in [-0.15, -0.1) is 0 Å². The summed E-state index contributed by atoms with van der Waals surface area (Å²) in [5.41, 5.74) is 0.793. The Labute approximate surface area is 118 Å². The second-order valence-electron chi connectivity index (χ2n) is 5.23. The van der Waals surface area contributed by atoms with Crippen LogP contribution in [0.2, 0.25) is 0 Å². The third-order valence-corrected chi connectivity index (χ3v) is 3.76. The van der Waals surface area contributed by atoms with Crippen LogP contribution >= 0.6 is 0 Å². The van der Waals surface area contributed by atoms with E-state index < -0.39 is 12.1 Å². The minimum atomic E-state index is -0.745. The summed E-state index contributed by atoms with van der Waals surface area (Å²) in [7, 11) is 1.59. The summed E-state index contributed by atoms with van der Waals surface area (Å²) < 4.78 is 5.14. The second-order valence-corrected chi connectivity index (χ2v) is 5.23. The standard InChI is InChI=1S/C15H21NO4/c1-20-13-6-2-4-11(8-13)14(17)10-16-7-3-5-12(9-16)15(18)19/h2,4,6,8,12,14,17H,3,5,7,9-10H2,1H3,(H,18,19). The number of β-amino-alcohol motifs (C(OH)–C–C–N with tert-alkyl or cyclic N) is 1. The molecule has 1 aliphatic heterocycles. The van der Waals surface area contributed by atoms with Crippen LogP contribution in [0.1, 0.15) is 24.5 Å². The number of benzene rings is 1. The molecule has 0 amide bonds. The van der Waals surface area contributed by atoms with Crippen LogP contribution in [0, 0.1) is 5.92 Å². The van der Waals surface area contributed by atoms with Gasteiger partial charge < -0.3 is 14.9 Å². The Bertz CT molecular complexity index is 463. The first-order chi connectivity index (χ1) is 9.60. The smallest absolute Gasteiger partial charge is 0.307 e. The summed E-state index contributed by atoms with van der Waals surface area (Å²) in [6.45, 7) is 1.80. The van der Waals surface area contributed by atoms with Gasteiger partial charge in [-0.1, -0.05) is 12.1 Å². The number of carboxylic acids is 1. The Kier molecular flexibility index (Phi) is 4.98. The monoisotopic (exact) mass is 279 g/mol. The van der Waals surface area contributed by atoms with Gasteiger partial charge in [-0.25, -0.2) is 0 Å². The molecule has 0 bridgehead atoms. The molecule has 0 aromatic heterocycles. The molecule has 0 saturated carbocycles. The van der Waals surface area contributed by atoms with Crippen LogP contribution in [0.5, 0.6) is 5.75 Å². The van der Waals surface area contributed by atoms with Gasteiger partial charge in [0.15, 0.2) is 0 Å². The predicted octanol–water partition coefficient (Wildman–Crippen LogP) is 1.53. The Morgan fingerprint density at radius 1 is 1.55 bits per heavy atom. The van der Waals surface area contributed by atoms with Crippen molar-refractivity contribution < 1.29 is 19.7 Å². The number of piperidine rings is 1. The number of aliphatic carboxylic acids is 1. The molecule has 110 valence electrons. The number of rotatable bonds is 5. The van der Waals surface area contributed by atoms with E-state index in [0.717, 1.165) is 24.9 Å². The zero-order valence-corrected chi connectivity index (χ0v) is 11.7. The Balaban J connectivity index is 1.96. The predicted molar refractivity (Wildman–Crippen MR) is 74.8 cm³/mol. The van der Waals surface area contributed by atoms with Gasteiger partial charge >= 0.3 is 5.97 Å². The van der Waals surface area contributed by atoms with Crippen LogP contribution in [-0.2, 0) is 4.79 Å². The van der Waals surface area contributed by atoms with Crippen LogP contribution in [0.15, 0.2) is 24.3 Å². The van der Waals surface area contributed by atoms with Gasteiger partial charge in [0.2, 0.25) is 0 Å². The maximum absolute atomic E-state index is 11.0. The van der Waals surface area contributed by atoms with Gasteiger partial charge in [0.1, 0.15) is 5.75 Å². The molecule has 2 unspecified atom stereocenters. The fourth-order valence-corrected chi connectivity index (χ4v) is 2.62. The Morgan fingerprint density at radius 2 is 2.35 bits per heavy atom. The van der Waals surface area contributed by atoms with Gasteiger partial charge in [-0.2, -0.15) is 0 Å². The zero-order chi connectivity index (χ0) is 14.5. The molecule has 0 radical (unpaired) electrons. The molecular formula is C15H21NO4. The number of aliphatic hydroxyl groups excluding tert-OH is 1. The van der Waals surface area contributed by atoms with Gasteiger partial charge in [0.25, 0.3) is 0 Å². The molecule has 1 heterocycles. The summed E-state index contributed by atoms with van der Waals surface area (Å²) in [5, 5.41) is 19.3. The lowest BCUT2D eigenvalue weighted by Gasteiger charge is -2.32. The van der Waals surface area contributed by atoms with Crippen molar-refractivity contribution in [1.82, 2.24) is 4.90 Å². The number of carboxylic acid groups (broad SMARTS) is 1. The molecule has 1 aromatic rings. The summed E-state index contributed by atoms with van der Waals surface area (Å²) in [4.78, 5) is 13.1. The number of likely N-dealkylation sites (tertiary alicyclic amines) is 1. The van der Waals surface area contributed by atoms with E-state index in [1.54, 1.807) is 7.11 Å². The number of aliphatic hydroxyl groups is 1. The maximum Gasteiger partial charge on any atom is 0.307 e.